The molecular weight excluding hydrogens is 293 g/mol. The van der Waals surface area contributed by atoms with E-state index in [-0.39, 0.29) is 5.82 Å². The van der Waals surface area contributed by atoms with E-state index >= 15 is 0 Å². The van der Waals surface area contributed by atoms with Crippen molar-refractivity contribution in [1.82, 2.24) is 9.97 Å². The van der Waals surface area contributed by atoms with Gasteiger partial charge >= 0.3 is 0 Å². The normalized spacial score (nSPS) is 11.3. The molecule has 0 saturated carbocycles. The lowest BCUT2D eigenvalue weighted by molar-refractivity contribution is 0.614. The van der Waals surface area contributed by atoms with Gasteiger partial charge in [0, 0.05) is 37.4 Å². The summed E-state index contributed by atoms with van der Waals surface area (Å²) < 4.78 is 19.0. The number of pyridine rings is 1. The molecule has 0 radical (unpaired) electrons. The quantitative estimate of drug-likeness (QED) is 0.555. The Morgan fingerprint density at radius 3 is 2.70 bits per heavy atom. The average Bonchev–Trinajstić information content (AvgIpc) is 2.96. The summed E-state index contributed by atoms with van der Waals surface area (Å²) in [7, 11) is 3.99. The van der Waals surface area contributed by atoms with Gasteiger partial charge in [-0.05, 0) is 30.3 Å². The lowest BCUT2D eigenvalue weighted by Gasteiger charge is -2.12. The van der Waals surface area contributed by atoms with E-state index in [0.717, 1.165) is 22.2 Å². The van der Waals surface area contributed by atoms with E-state index in [9.17, 15) is 4.39 Å². The van der Waals surface area contributed by atoms with Crippen LogP contribution in [-0.4, -0.2) is 24.1 Å². The monoisotopic (exact) mass is 307 g/mol. The maximum atomic E-state index is 13.3. The Bertz CT molecular complexity index is 1020. The second kappa shape index (κ2) is 5.05. The minimum absolute atomic E-state index is 0.329. The Balaban J connectivity index is 1.82. The fourth-order valence-corrected chi connectivity index (χ4v) is 2.53. The summed E-state index contributed by atoms with van der Waals surface area (Å²) in [5.41, 5.74) is 3.83. The SMILES string of the molecule is CN(C)c1ccc2cc(-c3nc4cc(F)ccc4o3)cnc2c1. The third-order valence-electron chi connectivity index (χ3n) is 3.78. The molecule has 0 aliphatic heterocycles. The number of hydrogen-bond donors (Lipinski definition) is 0. The van der Waals surface area contributed by atoms with Crippen LogP contribution < -0.4 is 4.90 Å². The lowest BCUT2D eigenvalue weighted by atomic mass is 10.1. The van der Waals surface area contributed by atoms with Crippen LogP contribution in [0, 0.1) is 5.82 Å². The molecule has 0 amide bonds. The molecular formula is C18H14FN3O. The zero-order valence-electron chi connectivity index (χ0n) is 12.7. The van der Waals surface area contributed by atoms with Crippen LogP contribution in [0.3, 0.4) is 0 Å². The maximum absolute atomic E-state index is 13.3. The highest BCUT2D eigenvalue weighted by Crippen LogP contribution is 2.27. The zero-order chi connectivity index (χ0) is 16.0. The van der Waals surface area contributed by atoms with Gasteiger partial charge in [0.2, 0.25) is 5.89 Å². The molecule has 4 aromatic rings. The maximum Gasteiger partial charge on any atom is 0.228 e. The Morgan fingerprint density at radius 2 is 1.87 bits per heavy atom. The molecule has 114 valence electrons. The zero-order valence-corrected chi connectivity index (χ0v) is 12.7. The van der Waals surface area contributed by atoms with Crippen LogP contribution in [0.2, 0.25) is 0 Å². The van der Waals surface area contributed by atoms with Gasteiger partial charge in [-0.1, -0.05) is 6.07 Å². The van der Waals surface area contributed by atoms with E-state index in [2.05, 4.69) is 9.97 Å². The van der Waals surface area contributed by atoms with Gasteiger partial charge in [-0.2, -0.15) is 0 Å². The molecule has 2 heterocycles. The summed E-state index contributed by atoms with van der Waals surface area (Å²) in [5.74, 6) is 0.113. The molecule has 2 aromatic heterocycles. The summed E-state index contributed by atoms with van der Waals surface area (Å²) >= 11 is 0. The van der Waals surface area contributed by atoms with E-state index in [1.165, 1.54) is 12.1 Å². The van der Waals surface area contributed by atoms with Crippen molar-refractivity contribution >= 4 is 27.7 Å². The highest BCUT2D eigenvalue weighted by atomic mass is 19.1. The first-order chi connectivity index (χ1) is 11.1. The van der Waals surface area contributed by atoms with Crippen LogP contribution >= 0.6 is 0 Å². The van der Waals surface area contributed by atoms with Crippen LogP contribution in [0.4, 0.5) is 10.1 Å². The Labute approximate surface area is 132 Å². The summed E-state index contributed by atoms with van der Waals surface area (Å²) in [5, 5.41) is 1.00. The van der Waals surface area contributed by atoms with Gasteiger partial charge in [0.25, 0.3) is 0 Å². The average molecular weight is 307 g/mol. The van der Waals surface area contributed by atoms with E-state index in [0.29, 0.717) is 17.0 Å². The Morgan fingerprint density at radius 1 is 1.00 bits per heavy atom. The number of oxazole rings is 1. The largest absolute Gasteiger partial charge is 0.436 e. The molecule has 0 saturated heterocycles. The van der Waals surface area contributed by atoms with Crippen molar-refractivity contribution in [3.8, 4) is 11.5 Å². The number of rotatable bonds is 2. The Hall–Kier alpha value is -2.95. The van der Waals surface area contributed by atoms with Crippen molar-refractivity contribution in [1.29, 1.82) is 0 Å². The van der Waals surface area contributed by atoms with Crippen LogP contribution in [0.15, 0.2) is 53.1 Å². The molecule has 0 fully saturated rings. The van der Waals surface area contributed by atoms with E-state index in [1.54, 1.807) is 12.3 Å². The fourth-order valence-electron chi connectivity index (χ4n) is 2.53. The molecule has 0 bridgehead atoms. The molecule has 4 rings (SSSR count). The van der Waals surface area contributed by atoms with E-state index in [1.807, 2.05) is 43.3 Å². The lowest BCUT2D eigenvalue weighted by Crippen LogP contribution is -2.08. The molecule has 2 aromatic carbocycles. The topological polar surface area (TPSA) is 42.2 Å². The van der Waals surface area contributed by atoms with Crippen molar-refractivity contribution in [2.24, 2.45) is 0 Å². The molecule has 0 atom stereocenters. The third-order valence-corrected chi connectivity index (χ3v) is 3.78. The summed E-state index contributed by atoms with van der Waals surface area (Å²) in [6, 6.07) is 12.4. The summed E-state index contributed by atoms with van der Waals surface area (Å²) in [4.78, 5) is 10.9. The van der Waals surface area contributed by atoms with E-state index in [4.69, 9.17) is 4.42 Å². The standard InChI is InChI=1S/C18H14FN3O/c1-22(2)14-5-3-11-7-12(10-20-15(11)9-14)18-21-16-8-13(19)4-6-17(16)23-18/h3-10H,1-2H3. The first kappa shape index (κ1) is 13.7. The molecule has 0 spiro atoms. The minimum Gasteiger partial charge on any atom is -0.436 e. The van der Waals surface area contributed by atoms with Crippen LogP contribution in [0.25, 0.3) is 33.5 Å². The third kappa shape index (κ3) is 2.40. The second-order valence-electron chi connectivity index (χ2n) is 5.63. The van der Waals surface area contributed by atoms with Crippen LogP contribution in [0.1, 0.15) is 0 Å². The molecule has 0 unspecified atom stereocenters. The molecule has 0 aliphatic carbocycles. The summed E-state index contributed by atoms with van der Waals surface area (Å²) in [6.07, 6.45) is 1.73. The number of nitrogens with zero attached hydrogens (tertiary/aromatic N) is 3. The van der Waals surface area contributed by atoms with Gasteiger partial charge in [0.15, 0.2) is 5.58 Å². The van der Waals surface area contributed by atoms with Crippen LogP contribution in [-0.2, 0) is 0 Å². The van der Waals surface area contributed by atoms with Gasteiger partial charge in [0.1, 0.15) is 11.3 Å². The molecule has 5 heteroatoms. The Kier molecular flexibility index (Phi) is 3.01. The van der Waals surface area contributed by atoms with Gasteiger partial charge < -0.3 is 9.32 Å². The minimum atomic E-state index is -0.329. The van der Waals surface area contributed by atoms with E-state index < -0.39 is 0 Å². The number of aromatic nitrogens is 2. The number of hydrogen-bond acceptors (Lipinski definition) is 4. The smallest absolute Gasteiger partial charge is 0.228 e. The van der Waals surface area contributed by atoms with Gasteiger partial charge in [-0.25, -0.2) is 9.37 Å². The number of benzene rings is 2. The molecule has 0 N–H and O–H groups in total. The predicted octanol–water partition coefficient (Wildman–Crippen LogP) is 4.25. The fraction of sp³-hybridized carbons (Fsp3) is 0.111. The first-order valence-corrected chi connectivity index (χ1v) is 7.24. The van der Waals surface area contributed by atoms with Gasteiger partial charge in [0.05, 0.1) is 11.1 Å². The van der Waals surface area contributed by atoms with Gasteiger partial charge in [-0.3, -0.25) is 4.98 Å². The van der Waals surface area contributed by atoms with Crippen molar-refractivity contribution in [2.75, 3.05) is 19.0 Å². The van der Waals surface area contributed by atoms with Crippen LogP contribution in [0.5, 0.6) is 0 Å². The second-order valence-corrected chi connectivity index (χ2v) is 5.63. The highest BCUT2D eigenvalue weighted by molar-refractivity contribution is 5.86. The predicted molar refractivity (Wildman–Crippen MR) is 89.0 cm³/mol. The highest BCUT2D eigenvalue weighted by Gasteiger charge is 2.10. The van der Waals surface area contributed by atoms with Crippen molar-refractivity contribution in [3.05, 3.63) is 54.5 Å². The van der Waals surface area contributed by atoms with Crippen molar-refractivity contribution < 1.29 is 8.81 Å². The number of halogens is 1. The molecule has 0 aliphatic rings. The first-order valence-electron chi connectivity index (χ1n) is 7.24. The molecule has 4 nitrogen and oxygen atoms in total. The summed E-state index contributed by atoms with van der Waals surface area (Å²) in [6.45, 7) is 0. The number of fused-ring (bicyclic) bond motifs is 2. The van der Waals surface area contributed by atoms with Crippen molar-refractivity contribution in [2.45, 2.75) is 0 Å². The van der Waals surface area contributed by atoms with Gasteiger partial charge in [-0.15, -0.1) is 0 Å². The molecule has 23 heavy (non-hydrogen) atoms. The van der Waals surface area contributed by atoms with Crippen molar-refractivity contribution in [3.63, 3.8) is 0 Å². The number of anilines is 1.